The largest absolute Gasteiger partial charge is 0.464 e. The third kappa shape index (κ3) is 2.75. The fraction of sp³-hybridized carbons (Fsp3) is 0.0625. The van der Waals surface area contributed by atoms with E-state index in [9.17, 15) is 4.79 Å². The van der Waals surface area contributed by atoms with E-state index in [1.807, 2.05) is 48.5 Å². The van der Waals surface area contributed by atoms with Crippen molar-refractivity contribution in [2.45, 2.75) is 6.42 Å². The van der Waals surface area contributed by atoms with Crippen molar-refractivity contribution in [2.24, 2.45) is 0 Å². The van der Waals surface area contributed by atoms with Gasteiger partial charge in [-0.05, 0) is 30.3 Å². The molecule has 0 bridgehead atoms. The van der Waals surface area contributed by atoms with Crippen LogP contribution >= 0.6 is 15.9 Å². The Morgan fingerprint density at radius 3 is 2.75 bits per heavy atom. The number of amides is 1. The molecule has 1 amide bonds. The Balaban J connectivity index is 1.79. The Bertz CT molecular complexity index is 750. The van der Waals surface area contributed by atoms with Crippen molar-refractivity contribution >= 4 is 38.5 Å². The first-order valence-electron chi connectivity index (χ1n) is 6.23. The van der Waals surface area contributed by atoms with Crippen LogP contribution in [0.15, 0.2) is 63.7 Å². The first-order chi connectivity index (χ1) is 9.72. The third-order valence-electron chi connectivity index (χ3n) is 3.02. The topological polar surface area (TPSA) is 42.2 Å². The van der Waals surface area contributed by atoms with E-state index in [1.165, 1.54) is 0 Å². The molecule has 100 valence electrons. The van der Waals surface area contributed by atoms with Crippen molar-refractivity contribution < 1.29 is 9.21 Å². The van der Waals surface area contributed by atoms with Gasteiger partial charge in [-0.25, -0.2) is 0 Å². The zero-order valence-electron chi connectivity index (χ0n) is 10.6. The maximum Gasteiger partial charge on any atom is 0.228 e. The van der Waals surface area contributed by atoms with Gasteiger partial charge in [0.05, 0.1) is 12.7 Å². The van der Waals surface area contributed by atoms with Gasteiger partial charge in [0, 0.05) is 21.1 Å². The molecular weight excluding hydrogens is 318 g/mol. The number of nitrogens with one attached hydrogen (secondary N) is 1. The smallest absolute Gasteiger partial charge is 0.228 e. The van der Waals surface area contributed by atoms with Crippen molar-refractivity contribution in [3.05, 3.63) is 64.8 Å². The van der Waals surface area contributed by atoms with Gasteiger partial charge in [0.1, 0.15) is 5.58 Å². The fourth-order valence-electron chi connectivity index (χ4n) is 2.09. The Morgan fingerprint density at radius 1 is 1.15 bits per heavy atom. The molecule has 1 N–H and O–H groups in total. The zero-order valence-corrected chi connectivity index (χ0v) is 12.2. The minimum absolute atomic E-state index is 0.0566. The van der Waals surface area contributed by atoms with E-state index in [0.717, 1.165) is 26.7 Å². The van der Waals surface area contributed by atoms with Crippen LogP contribution < -0.4 is 5.32 Å². The molecule has 1 aromatic heterocycles. The highest BCUT2D eigenvalue weighted by Gasteiger charge is 2.10. The second-order valence-corrected chi connectivity index (χ2v) is 5.41. The van der Waals surface area contributed by atoms with Crippen molar-refractivity contribution in [3.63, 3.8) is 0 Å². The molecule has 3 rings (SSSR count). The number of hydrogen-bond acceptors (Lipinski definition) is 2. The average Bonchev–Trinajstić information content (AvgIpc) is 2.82. The summed E-state index contributed by atoms with van der Waals surface area (Å²) in [5.41, 5.74) is 2.47. The van der Waals surface area contributed by atoms with E-state index in [4.69, 9.17) is 4.42 Å². The molecule has 0 aliphatic rings. The van der Waals surface area contributed by atoms with Gasteiger partial charge in [-0.15, -0.1) is 0 Å². The average molecular weight is 330 g/mol. The van der Waals surface area contributed by atoms with Crippen LogP contribution in [0.1, 0.15) is 5.56 Å². The molecule has 0 atom stereocenters. The summed E-state index contributed by atoms with van der Waals surface area (Å²) in [6, 6.07) is 15.2. The number of halogens is 1. The van der Waals surface area contributed by atoms with Crippen LogP contribution in [0, 0.1) is 0 Å². The van der Waals surface area contributed by atoms with Gasteiger partial charge in [0.25, 0.3) is 0 Å². The maximum atomic E-state index is 12.0. The molecule has 4 heteroatoms. The summed E-state index contributed by atoms with van der Waals surface area (Å²) in [5, 5.41) is 3.83. The van der Waals surface area contributed by atoms with Crippen LogP contribution in [0.4, 0.5) is 5.69 Å². The number of rotatable bonds is 3. The normalized spacial score (nSPS) is 10.7. The molecule has 2 aromatic carbocycles. The Morgan fingerprint density at radius 2 is 1.95 bits per heavy atom. The predicted molar refractivity (Wildman–Crippen MR) is 82.7 cm³/mol. The maximum absolute atomic E-state index is 12.0. The van der Waals surface area contributed by atoms with Crippen molar-refractivity contribution in [3.8, 4) is 0 Å². The summed E-state index contributed by atoms with van der Waals surface area (Å²) in [6.45, 7) is 0. The van der Waals surface area contributed by atoms with Gasteiger partial charge >= 0.3 is 0 Å². The van der Waals surface area contributed by atoms with Crippen LogP contribution in [0.25, 0.3) is 11.0 Å². The number of carbonyl (C=O) groups is 1. The molecule has 0 saturated carbocycles. The van der Waals surface area contributed by atoms with Crippen molar-refractivity contribution in [2.75, 3.05) is 5.32 Å². The first-order valence-corrected chi connectivity index (χ1v) is 7.02. The van der Waals surface area contributed by atoms with Gasteiger partial charge in [-0.1, -0.05) is 34.1 Å². The van der Waals surface area contributed by atoms with Crippen LogP contribution in [0.3, 0.4) is 0 Å². The molecule has 0 spiro atoms. The molecule has 3 nitrogen and oxygen atoms in total. The zero-order chi connectivity index (χ0) is 13.9. The lowest BCUT2D eigenvalue weighted by atomic mass is 10.1. The predicted octanol–water partition coefficient (Wildman–Crippen LogP) is 4.38. The van der Waals surface area contributed by atoms with Crippen LogP contribution in [-0.2, 0) is 11.2 Å². The van der Waals surface area contributed by atoms with E-state index in [-0.39, 0.29) is 5.91 Å². The summed E-state index contributed by atoms with van der Waals surface area (Å²) in [7, 11) is 0. The number of hydrogen-bond donors (Lipinski definition) is 1. The summed E-state index contributed by atoms with van der Waals surface area (Å²) < 4.78 is 6.42. The van der Waals surface area contributed by atoms with Crippen LogP contribution in [-0.4, -0.2) is 5.91 Å². The highest BCUT2D eigenvalue weighted by molar-refractivity contribution is 9.10. The highest BCUT2D eigenvalue weighted by Crippen LogP contribution is 2.25. The SMILES string of the molecule is O=C(Cc1coc2ccc(Br)cc12)Nc1ccccc1. The van der Waals surface area contributed by atoms with Gasteiger partial charge in [-0.2, -0.15) is 0 Å². The molecule has 20 heavy (non-hydrogen) atoms. The number of anilines is 1. The lowest BCUT2D eigenvalue weighted by Gasteiger charge is -2.03. The second kappa shape index (κ2) is 5.51. The van der Waals surface area contributed by atoms with E-state index in [2.05, 4.69) is 21.2 Å². The Labute approximate surface area is 124 Å². The standard InChI is InChI=1S/C16H12BrNO2/c17-12-6-7-15-14(9-12)11(10-20-15)8-16(19)18-13-4-2-1-3-5-13/h1-7,9-10H,8H2,(H,18,19). The van der Waals surface area contributed by atoms with E-state index in [1.54, 1.807) is 6.26 Å². The quantitative estimate of drug-likeness (QED) is 0.774. The molecule has 0 radical (unpaired) electrons. The molecule has 3 aromatic rings. The Hall–Kier alpha value is -2.07. The van der Waals surface area contributed by atoms with Crippen LogP contribution in [0.2, 0.25) is 0 Å². The van der Waals surface area contributed by atoms with Crippen molar-refractivity contribution in [1.29, 1.82) is 0 Å². The number of carbonyl (C=O) groups excluding carboxylic acids is 1. The van der Waals surface area contributed by atoms with Gasteiger partial charge < -0.3 is 9.73 Å². The molecule has 0 saturated heterocycles. The molecule has 1 heterocycles. The summed E-state index contributed by atoms with van der Waals surface area (Å²) >= 11 is 3.43. The lowest BCUT2D eigenvalue weighted by molar-refractivity contribution is -0.115. The minimum atomic E-state index is -0.0566. The summed E-state index contributed by atoms with van der Waals surface area (Å²) in [6.07, 6.45) is 1.93. The van der Waals surface area contributed by atoms with Crippen LogP contribution in [0.5, 0.6) is 0 Å². The lowest BCUT2D eigenvalue weighted by Crippen LogP contribution is -2.13. The summed E-state index contributed by atoms with van der Waals surface area (Å²) in [4.78, 5) is 12.0. The van der Waals surface area contributed by atoms with E-state index in [0.29, 0.717) is 6.42 Å². The Kier molecular flexibility index (Phi) is 3.56. The summed E-state index contributed by atoms with van der Waals surface area (Å²) in [5.74, 6) is -0.0566. The number of benzene rings is 2. The molecule has 0 aliphatic carbocycles. The molecular formula is C16H12BrNO2. The fourth-order valence-corrected chi connectivity index (χ4v) is 2.45. The minimum Gasteiger partial charge on any atom is -0.464 e. The van der Waals surface area contributed by atoms with Gasteiger partial charge in [0.15, 0.2) is 0 Å². The van der Waals surface area contributed by atoms with Gasteiger partial charge in [-0.3, -0.25) is 4.79 Å². The molecule has 0 aliphatic heterocycles. The molecule has 0 fully saturated rings. The first kappa shape index (κ1) is 12.9. The van der Waals surface area contributed by atoms with Crippen molar-refractivity contribution in [1.82, 2.24) is 0 Å². The van der Waals surface area contributed by atoms with E-state index >= 15 is 0 Å². The van der Waals surface area contributed by atoms with E-state index < -0.39 is 0 Å². The van der Waals surface area contributed by atoms with Gasteiger partial charge in [0.2, 0.25) is 5.91 Å². The second-order valence-electron chi connectivity index (χ2n) is 4.49. The monoisotopic (exact) mass is 329 g/mol. The number of para-hydroxylation sites is 1. The molecule has 0 unspecified atom stereocenters. The number of furan rings is 1. The number of fused-ring (bicyclic) bond motifs is 1. The highest BCUT2D eigenvalue weighted by atomic mass is 79.9. The third-order valence-corrected chi connectivity index (χ3v) is 3.52.